The number of aromatic nitrogens is 2. The molecule has 0 saturated carbocycles. The molecule has 2 nitrogen and oxygen atoms in total. The number of benzene rings is 3. The molecule has 34 heavy (non-hydrogen) atoms. The summed E-state index contributed by atoms with van der Waals surface area (Å²) >= 11 is 0. The lowest BCUT2D eigenvalue weighted by Crippen LogP contribution is -2.29. The third kappa shape index (κ3) is 2.84. The Bertz CT molecular complexity index is 1750. The SMILES string of the molecule is Cc1cc(C(C)(C)C)c2c3ccccc3n3c4ccc(CC(C)(C)C)c5cc[n+](C)c(c1c23)c54. The lowest BCUT2D eigenvalue weighted by atomic mass is 9.82. The molecule has 0 spiro atoms. The number of hydrogen-bond donors (Lipinski definition) is 0. The molecule has 0 radical (unpaired) electrons. The van der Waals surface area contributed by atoms with E-state index in [2.05, 4.69) is 119 Å². The first-order valence-corrected chi connectivity index (χ1v) is 12.5. The molecule has 0 amide bonds. The average Bonchev–Trinajstić information content (AvgIpc) is 3.08. The molecule has 0 aliphatic rings. The molecule has 6 aromatic rings. The molecular formula is C32H35N2+. The fraction of sp³-hybridized carbons (Fsp3) is 0.344. The van der Waals surface area contributed by atoms with Gasteiger partial charge in [0.1, 0.15) is 7.05 Å². The van der Waals surface area contributed by atoms with Crippen LogP contribution in [-0.2, 0) is 18.9 Å². The van der Waals surface area contributed by atoms with Crippen molar-refractivity contribution < 1.29 is 4.57 Å². The molecule has 3 aromatic heterocycles. The molecule has 0 atom stereocenters. The second kappa shape index (κ2) is 6.72. The Morgan fingerprint density at radius 1 is 0.794 bits per heavy atom. The summed E-state index contributed by atoms with van der Waals surface area (Å²) in [5, 5.41) is 6.91. The van der Waals surface area contributed by atoms with Crippen LogP contribution in [0.3, 0.4) is 0 Å². The van der Waals surface area contributed by atoms with Crippen molar-refractivity contribution in [3.05, 3.63) is 71.4 Å². The molecule has 3 heterocycles. The van der Waals surface area contributed by atoms with E-state index in [-0.39, 0.29) is 10.8 Å². The van der Waals surface area contributed by atoms with Crippen molar-refractivity contribution in [2.24, 2.45) is 12.5 Å². The van der Waals surface area contributed by atoms with Gasteiger partial charge in [-0.1, -0.05) is 71.9 Å². The summed E-state index contributed by atoms with van der Waals surface area (Å²) in [6, 6.07) is 18.5. The summed E-state index contributed by atoms with van der Waals surface area (Å²) in [5.74, 6) is 0. The fourth-order valence-electron chi connectivity index (χ4n) is 6.18. The molecule has 0 bridgehead atoms. The van der Waals surface area contributed by atoms with Gasteiger partial charge in [-0.15, -0.1) is 0 Å². The van der Waals surface area contributed by atoms with Crippen molar-refractivity contribution in [3.8, 4) is 0 Å². The molecule has 0 N–H and O–H groups in total. The number of para-hydroxylation sites is 1. The summed E-state index contributed by atoms with van der Waals surface area (Å²) in [4.78, 5) is 0. The van der Waals surface area contributed by atoms with Crippen molar-refractivity contribution in [1.29, 1.82) is 0 Å². The normalized spacial score (nSPS) is 13.4. The first-order chi connectivity index (χ1) is 16.0. The summed E-state index contributed by atoms with van der Waals surface area (Å²) < 4.78 is 4.89. The number of nitrogens with zero attached hydrogens (tertiary/aromatic N) is 2. The van der Waals surface area contributed by atoms with E-state index in [0.29, 0.717) is 0 Å². The standard InChI is InChI=1S/C32H35N2/c1-19-17-23(32(5,6)7)27-22-11-9-10-12-24(22)34-25-14-13-20(18-31(2,3)4)21-15-16-33(8)29(28(21)25)26(19)30(27)34/h9-17H,18H2,1-8H3/q+1. The lowest BCUT2D eigenvalue weighted by molar-refractivity contribution is -0.643. The van der Waals surface area contributed by atoms with Gasteiger partial charge < -0.3 is 4.40 Å². The highest BCUT2D eigenvalue weighted by molar-refractivity contribution is 6.26. The van der Waals surface area contributed by atoms with Gasteiger partial charge in [0.25, 0.3) is 0 Å². The minimum Gasteiger partial charge on any atom is -0.307 e. The van der Waals surface area contributed by atoms with Gasteiger partial charge in [0, 0.05) is 16.8 Å². The molecule has 0 aliphatic carbocycles. The van der Waals surface area contributed by atoms with E-state index in [1.54, 1.807) is 0 Å². The highest BCUT2D eigenvalue weighted by Gasteiger charge is 2.29. The van der Waals surface area contributed by atoms with Crippen LogP contribution in [0.5, 0.6) is 0 Å². The van der Waals surface area contributed by atoms with Crippen molar-refractivity contribution in [1.82, 2.24) is 4.40 Å². The Hall–Kier alpha value is -3.13. The molecule has 172 valence electrons. The first kappa shape index (κ1) is 21.4. The van der Waals surface area contributed by atoms with Crippen molar-refractivity contribution in [2.75, 3.05) is 0 Å². The first-order valence-electron chi connectivity index (χ1n) is 12.5. The molecule has 0 fully saturated rings. The summed E-state index contributed by atoms with van der Waals surface area (Å²) in [6.07, 6.45) is 3.32. The Morgan fingerprint density at radius 3 is 2.24 bits per heavy atom. The molecule has 0 unspecified atom stereocenters. The van der Waals surface area contributed by atoms with E-state index in [1.165, 1.54) is 65.7 Å². The van der Waals surface area contributed by atoms with E-state index < -0.39 is 0 Å². The van der Waals surface area contributed by atoms with Gasteiger partial charge in [-0.3, -0.25) is 0 Å². The molecule has 2 heteroatoms. The van der Waals surface area contributed by atoms with Gasteiger partial charge in [0.2, 0.25) is 5.52 Å². The molecular weight excluding hydrogens is 412 g/mol. The fourth-order valence-corrected chi connectivity index (χ4v) is 6.18. The second-order valence-electron chi connectivity index (χ2n) is 12.5. The number of rotatable bonds is 1. The Morgan fingerprint density at radius 2 is 1.53 bits per heavy atom. The van der Waals surface area contributed by atoms with Crippen molar-refractivity contribution in [3.63, 3.8) is 0 Å². The van der Waals surface area contributed by atoms with Gasteiger partial charge in [-0.2, -0.15) is 0 Å². The highest BCUT2D eigenvalue weighted by atomic mass is 15.0. The van der Waals surface area contributed by atoms with Gasteiger partial charge in [0.15, 0.2) is 6.20 Å². The maximum atomic E-state index is 2.55. The molecule has 6 rings (SSSR count). The predicted octanol–water partition coefficient (Wildman–Crippen LogP) is 8.01. The summed E-state index contributed by atoms with van der Waals surface area (Å²) in [7, 11) is 2.20. The maximum absolute atomic E-state index is 2.55. The number of fused-ring (bicyclic) bond motifs is 5. The van der Waals surface area contributed by atoms with E-state index >= 15 is 0 Å². The van der Waals surface area contributed by atoms with Gasteiger partial charge in [0.05, 0.1) is 27.3 Å². The van der Waals surface area contributed by atoms with E-state index in [4.69, 9.17) is 0 Å². The second-order valence-corrected chi connectivity index (χ2v) is 12.5. The van der Waals surface area contributed by atoms with Crippen molar-refractivity contribution in [2.45, 2.75) is 60.3 Å². The zero-order valence-corrected chi connectivity index (χ0v) is 21.8. The maximum Gasteiger partial charge on any atom is 0.224 e. The summed E-state index contributed by atoms with van der Waals surface area (Å²) in [6.45, 7) is 16.3. The van der Waals surface area contributed by atoms with Crippen LogP contribution in [0.4, 0.5) is 0 Å². The predicted molar refractivity (Wildman–Crippen MR) is 146 cm³/mol. The Labute approximate surface area is 202 Å². The zero-order valence-electron chi connectivity index (χ0n) is 21.8. The Balaban J connectivity index is 1.97. The minimum atomic E-state index is 0.0588. The van der Waals surface area contributed by atoms with Crippen LogP contribution in [0.25, 0.3) is 49.0 Å². The monoisotopic (exact) mass is 447 g/mol. The molecule has 0 aliphatic heterocycles. The smallest absolute Gasteiger partial charge is 0.224 e. The van der Waals surface area contributed by atoms with E-state index in [1.807, 2.05) is 0 Å². The number of pyridine rings is 2. The lowest BCUT2D eigenvalue weighted by Gasteiger charge is -2.23. The van der Waals surface area contributed by atoms with Crippen LogP contribution < -0.4 is 4.57 Å². The number of hydrogen-bond acceptors (Lipinski definition) is 0. The topological polar surface area (TPSA) is 8.29 Å². The van der Waals surface area contributed by atoms with E-state index in [9.17, 15) is 0 Å². The quantitative estimate of drug-likeness (QED) is 0.137. The highest BCUT2D eigenvalue weighted by Crippen LogP contribution is 2.45. The van der Waals surface area contributed by atoms with Crippen LogP contribution in [0.15, 0.2) is 54.7 Å². The van der Waals surface area contributed by atoms with Crippen LogP contribution in [-0.4, -0.2) is 4.40 Å². The van der Waals surface area contributed by atoms with Crippen LogP contribution >= 0.6 is 0 Å². The summed E-state index contributed by atoms with van der Waals surface area (Å²) in [5.41, 5.74) is 9.85. The minimum absolute atomic E-state index is 0.0588. The Kier molecular flexibility index (Phi) is 4.23. The van der Waals surface area contributed by atoms with E-state index in [0.717, 1.165) is 6.42 Å². The van der Waals surface area contributed by atoms with Crippen LogP contribution in [0.2, 0.25) is 0 Å². The largest absolute Gasteiger partial charge is 0.307 e. The van der Waals surface area contributed by atoms with Crippen molar-refractivity contribution >= 4 is 49.0 Å². The van der Waals surface area contributed by atoms with Gasteiger partial charge in [-0.25, -0.2) is 4.57 Å². The molecule has 3 aromatic carbocycles. The van der Waals surface area contributed by atoms with Crippen LogP contribution in [0, 0.1) is 12.3 Å². The molecule has 0 saturated heterocycles. The number of aryl methyl sites for hydroxylation is 2. The van der Waals surface area contributed by atoms with Crippen LogP contribution in [0.1, 0.15) is 58.2 Å². The zero-order chi connectivity index (χ0) is 24.2. The average molecular weight is 448 g/mol. The third-order valence-electron chi connectivity index (χ3n) is 7.51. The third-order valence-corrected chi connectivity index (χ3v) is 7.51. The van der Waals surface area contributed by atoms with Gasteiger partial charge in [-0.05, 0) is 58.4 Å². The van der Waals surface area contributed by atoms with Gasteiger partial charge >= 0.3 is 0 Å².